The Hall–Kier alpha value is -18.0. The molecule has 0 aliphatic heterocycles. The molecular weight excluding hydrogens is 1720 g/mol. The average molecular weight is 1800 g/mol. The maximum Gasteiger partial charge on any atom is 0.164 e. The zero-order valence-electron chi connectivity index (χ0n) is 74.0. The topological polar surface area (TPSA) is 142 Å². The third-order valence-electron chi connectivity index (χ3n) is 26.3. The van der Waals surface area contributed by atoms with E-state index in [1.165, 1.54) is 121 Å². The average Bonchev–Trinajstić information content (AvgIpc) is 1.65. The molecule has 0 saturated heterocycles. The number of aromatic nitrogens is 9. The standard InChI is InChI=1S/C41H25N3O.C41H25N3S.C24H14N2S.C19H11NO/c2*1-3-11-29(12-4-1)39-42-40(30-13-5-2-6-14-30)44-41(43-39)31-22-19-27(20-23-31)33-16-9-17-34-35-25-24-28-21-18-26-10-7-8-15-32(26)36(28)38(35)45-37(33)34;1-3-9-19-16(7-1)22-18(24(26-19)15-6-5-13-25-14-15)11-12-21-23(22)17-8-2-4-10-20(17)27-21;1-3-7-15-13(5-1)18-12(11-20-15)9-10-17-19(18)14-6-2-4-8-16(14)21-17/h2*1-25H;1-14H;1-11H. The summed E-state index contributed by atoms with van der Waals surface area (Å²) >= 11 is 3.75. The number of thiophene rings is 2. The lowest BCUT2D eigenvalue weighted by molar-refractivity contribution is 0.669. The van der Waals surface area contributed by atoms with Crippen molar-refractivity contribution >= 4 is 193 Å². The molecule has 20 aromatic carbocycles. The Morgan fingerprint density at radius 3 is 1.23 bits per heavy atom. The fourth-order valence-corrected chi connectivity index (χ4v) is 22.3. The Morgan fingerprint density at radius 1 is 0.188 bits per heavy atom. The van der Waals surface area contributed by atoms with Crippen LogP contribution in [0.1, 0.15) is 0 Å². The number of furan rings is 2. The van der Waals surface area contributed by atoms with Crippen LogP contribution in [0.15, 0.2) is 464 Å². The van der Waals surface area contributed by atoms with E-state index >= 15 is 0 Å². The molecule has 0 aliphatic rings. The van der Waals surface area contributed by atoms with Gasteiger partial charge in [-0.1, -0.05) is 376 Å². The van der Waals surface area contributed by atoms with Gasteiger partial charge in [0.25, 0.3) is 0 Å². The maximum absolute atomic E-state index is 6.77. The zero-order chi connectivity index (χ0) is 91.1. The van der Waals surface area contributed by atoms with Crippen molar-refractivity contribution in [3.8, 4) is 102 Å². The Labute approximate surface area is 798 Å². The van der Waals surface area contributed by atoms with E-state index in [0.29, 0.717) is 34.9 Å². The third kappa shape index (κ3) is 14.4. The summed E-state index contributed by atoms with van der Waals surface area (Å²) in [6, 6.07) is 152. The number of nitrogens with zero attached hydrogens (tertiary/aromatic N) is 9. The molecule has 0 atom stereocenters. The molecule has 0 amide bonds. The van der Waals surface area contributed by atoms with Gasteiger partial charge in [-0.15, -0.1) is 22.7 Å². The number of rotatable bonds is 9. The smallest absolute Gasteiger partial charge is 0.164 e. The number of pyridine rings is 3. The predicted molar refractivity (Wildman–Crippen MR) is 575 cm³/mol. The van der Waals surface area contributed by atoms with Gasteiger partial charge in [-0.25, -0.2) is 34.9 Å². The van der Waals surface area contributed by atoms with Gasteiger partial charge in [-0.05, 0) is 110 Å². The van der Waals surface area contributed by atoms with Crippen LogP contribution in [0.3, 0.4) is 0 Å². The lowest BCUT2D eigenvalue weighted by Crippen LogP contribution is -2.00. The van der Waals surface area contributed by atoms with E-state index in [-0.39, 0.29) is 0 Å². The van der Waals surface area contributed by atoms with Gasteiger partial charge in [0.15, 0.2) is 34.9 Å². The summed E-state index contributed by atoms with van der Waals surface area (Å²) in [7, 11) is 0. The number of hydrogen-bond acceptors (Lipinski definition) is 13. The second-order valence-corrected chi connectivity index (χ2v) is 36.5. The van der Waals surface area contributed by atoms with Crippen LogP contribution in [-0.4, -0.2) is 44.9 Å². The Kier molecular flexibility index (Phi) is 20.0. The summed E-state index contributed by atoms with van der Waals surface area (Å²) < 4.78 is 18.0. The first-order valence-corrected chi connectivity index (χ1v) is 47.6. The van der Waals surface area contributed by atoms with Crippen LogP contribution in [0.2, 0.25) is 0 Å². The molecule has 29 aromatic rings. The van der Waals surface area contributed by atoms with Gasteiger partial charge >= 0.3 is 0 Å². The summed E-state index contributed by atoms with van der Waals surface area (Å²) in [4.78, 5) is 43.2. The lowest BCUT2D eigenvalue weighted by atomic mass is 9.97. The Balaban J connectivity index is 0.0000000991. The van der Waals surface area contributed by atoms with Crippen LogP contribution in [0.25, 0.3) is 273 Å². The fraction of sp³-hybridized carbons (Fsp3) is 0. The summed E-state index contributed by atoms with van der Waals surface area (Å²) in [5, 5.41) is 27.0. The van der Waals surface area contributed by atoms with Crippen LogP contribution >= 0.6 is 22.7 Å². The van der Waals surface area contributed by atoms with Gasteiger partial charge in [-0.3, -0.25) is 9.97 Å². The number of benzene rings is 20. The molecule has 644 valence electrons. The first-order chi connectivity index (χ1) is 68.4. The second-order valence-electron chi connectivity index (χ2n) is 34.4. The summed E-state index contributed by atoms with van der Waals surface area (Å²) in [5.41, 5.74) is 18.0. The van der Waals surface area contributed by atoms with Crippen LogP contribution < -0.4 is 0 Å². The van der Waals surface area contributed by atoms with Crippen LogP contribution in [0.5, 0.6) is 0 Å². The second kappa shape index (κ2) is 34.2. The first kappa shape index (κ1) is 80.8. The Bertz CT molecular complexity index is 9370. The molecule has 0 saturated carbocycles. The number of para-hydroxylation sites is 4. The summed E-state index contributed by atoms with van der Waals surface area (Å²) in [6.45, 7) is 0. The molecule has 0 bridgehead atoms. The molecule has 11 nitrogen and oxygen atoms in total. The van der Waals surface area contributed by atoms with Crippen molar-refractivity contribution in [1.29, 1.82) is 0 Å². The minimum atomic E-state index is 0.634. The van der Waals surface area contributed by atoms with Crippen molar-refractivity contribution in [3.05, 3.63) is 455 Å². The van der Waals surface area contributed by atoms with Gasteiger partial charge < -0.3 is 8.83 Å². The van der Waals surface area contributed by atoms with E-state index < -0.39 is 0 Å². The van der Waals surface area contributed by atoms with Crippen LogP contribution in [0.4, 0.5) is 0 Å². The quantitative estimate of drug-likeness (QED) is 0.127. The molecule has 9 aromatic heterocycles. The van der Waals surface area contributed by atoms with Gasteiger partial charge in [-0.2, -0.15) is 0 Å². The normalized spacial score (nSPS) is 11.6. The summed E-state index contributed by atoms with van der Waals surface area (Å²) in [5.74, 6) is 3.92. The first-order valence-electron chi connectivity index (χ1n) is 46.0. The molecule has 138 heavy (non-hydrogen) atoms. The van der Waals surface area contributed by atoms with E-state index in [1.54, 1.807) is 6.20 Å². The SMILES string of the molecule is c1ccc(-c2nc(-c3ccccc3)nc(-c3ccc(-c4cccc5c4oc4c5ccc5ccc6ccccc6c54)cc3)n2)cc1.c1ccc(-c2nc(-c3ccccc3)nc(-c3ccc(-c4cccc5c4sc4c5ccc5ccc6ccccc6c54)cc3)n2)cc1.c1ccc2c(c1)ncc1ccc3oc4ccccc4c3c12.c1cncc(-c2nc3ccccc3c3c2ccc2sc4ccccc4c23)c1. The van der Waals surface area contributed by atoms with Crippen molar-refractivity contribution in [3.63, 3.8) is 0 Å². The Morgan fingerprint density at radius 2 is 0.623 bits per heavy atom. The van der Waals surface area contributed by atoms with Crippen molar-refractivity contribution in [2.75, 3.05) is 0 Å². The van der Waals surface area contributed by atoms with Gasteiger partial charge in [0, 0.05) is 168 Å². The van der Waals surface area contributed by atoms with Crippen LogP contribution in [-0.2, 0) is 0 Å². The van der Waals surface area contributed by atoms with Crippen LogP contribution in [0, 0.1) is 0 Å². The van der Waals surface area contributed by atoms with Crippen molar-refractivity contribution in [1.82, 2.24) is 44.9 Å². The molecule has 13 heteroatoms. The highest BCUT2D eigenvalue weighted by molar-refractivity contribution is 7.27. The van der Waals surface area contributed by atoms with E-state index in [4.69, 9.17) is 43.7 Å². The highest BCUT2D eigenvalue weighted by atomic mass is 32.1. The lowest BCUT2D eigenvalue weighted by Gasteiger charge is -2.11. The minimum Gasteiger partial charge on any atom is -0.456 e. The molecule has 9 heterocycles. The monoisotopic (exact) mass is 1800 g/mol. The third-order valence-corrected chi connectivity index (χ3v) is 28.7. The van der Waals surface area contributed by atoms with E-state index in [1.807, 2.05) is 187 Å². The maximum atomic E-state index is 6.77. The predicted octanol–water partition coefficient (Wildman–Crippen LogP) is 34.1. The summed E-state index contributed by atoms with van der Waals surface area (Å²) in [6.07, 6.45) is 5.64. The molecule has 0 fully saturated rings. The van der Waals surface area contributed by atoms with Gasteiger partial charge in [0.1, 0.15) is 22.3 Å². The van der Waals surface area contributed by atoms with Crippen molar-refractivity contribution < 1.29 is 8.83 Å². The molecular formula is C125H75N9O2S2. The molecule has 0 aliphatic carbocycles. The molecule has 0 spiro atoms. The van der Waals surface area contributed by atoms with E-state index in [9.17, 15) is 0 Å². The molecule has 29 rings (SSSR count). The van der Waals surface area contributed by atoms with E-state index in [2.05, 4.69) is 295 Å². The largest absolute Gasteiger partial charge is 0.456 e. The highest BCUT2D eigenvalue weighted by Crippen LogP contribution is 2.49. The fourth-order valence-electron chi connectivity index (χ4n) is 19.8. The van der Waals surface area contributed by atoms with Crippen molar-refractivity contribution in [2.45, 2.75) is 0 Å². The number of hydrogen-bond donors (Lipinski definition) is 0. The number of fused-ring (bicyclic) bond motifs is 28. The molecule has 0 N–H and O–H groups in total. The van der Waals surface area contributed by atoms with Gasteiger partial charge in [0.2, 0.25) is 0 Å². The van der Waals surface area contributed by atoms with E-state index in [0.717, 1.165) is 116 Å². The van der Waals surface area contributed by atoms with Gasteiger partial charge in [0.05, 0.1) is 16.7 Å². The zero-order valence-corrected chi connectivity index (χ0v) is 75.6. The molecule has 0 radical (unpaired) electrons. The highest BCUT2D eigenvalue weighted by Gasteiger charge is 2.23. The van der Waals surface area contributed by atoms with Crippen molar-refractivity contribution in [2.24, 2.45) is 0 Å². The molecule has 0 unspecified atom stereocenters. The minimum absolute atomic E-state index is 0.634.